The molecule has 1 aliphatic rings. The molecule has 3 aromatic rings. The number of methoxy groups -OCH3 is 1. The van der Waals surface area contributed by atoms with E-state index in [1.54, 1.807) is 43.1 Å². The van der Waals surface area contributed by atoms with E-state index in [-0.39, 0.29) is 11.8 Å². The molecule has 33 heavy (non-hydrogen) atoms. The lowest BCUT2D eigenvalue weighted by Gasteiger charge is -2.30. The van der Waals surface area contributed by atoms with Gasteiger partial charge in [0.2, 0.25) is 5.91 Å². The molecule has 1 saturated heterocycles. The Labute approximate surface area is 199 Å². The first-order chi connectivity index (χ1) is 16.0. The number of nitrogens with zero attached hydrogens (tertiary/aromatic N) is 2. The Balaban J connectivity index is 1.36. The first-order valence-electron chi connectivity index (χ1n) is 11.5. The predicted molar refractivity (Wildman–Crippen MR) is 133 cm³/mol. The van der Waals surface area contributed by atoms with Crippen LogP contribution in [-0.4, -0.2) is 53.8 Å². The van der Waals surface area contributed by atoms with Gasteiger partial charge in [0.1, 0.15) is 5.75 Å². The van der Waals surface area contributed by atoms with Crippen LogP contribution in [0, 0.1) is 5.92 Å². The van der Waals surface area contributed by atoms with E-state index in [1.165, 1.54) is 0 Å². The van der Waals surface area contributed by atoms with Crippen molar-refractivity contribution in [2.75, 3.05) is 32.5 Å². The van der Waals surface area contributed by atoms with E-state index < -0.39 is 0 Å². The molecule has 1 fully saturated rings. The molecule has 0 atom stereocenters. The number of rotatable bonds is 8. The number of carbonyl (C=O) groups excluding carboxylic acids is 2. The van der Waals surface area contributed by atoms with Crippen molar-refractivity contribution in [3.8, 4) is 5.75 Å². The molecule has 0 bridgehead atoms. The fourth-order valence-corrected chi connectivity index (χ4v) is 5.13. The van der Waals surface area contributed by atoms with E-state index in [4.69, 9.17) is 4.74 Å². The van der Waals surface area contributed by atoms with Gasteiger partial charge in [-0.1, -0.05) is 25.1 Å². The highest BCUT2D eigenvalue weighted by Gasteiger charge is 2.21. The zero-order valence-corrected chi connectivity index (χ0v) is 20.1. The van der Waals surface area contributed by atoms with Crippen LogP contribution in [0.25, 0.3) is 10.9 Å². The first-order valence-corrected chi connectivity index (χ1v) is 12.4. The van der Waals surface area contributed by atoms with Crippen LogP contribution < -0.4 is 10.1 Å². The van der Waals surface area contributed by atoms with Crippen LogP contribution >= 0.6 is 11.8 Å². The van der Waals surface area contributed by atoms with E-state index >= 15 is 0 Å². The average Bonchev–Trinajstić information content (AvgIpc) is 3.20. The van der Waals surface area contributed by atoms with Crippen LogP contribution in [0.15, 0.2) is 59.6 Å². The first kappa shape index (κ1) is 23.2. The third kappa shape index (κ3) is 5.71. The summed E-state index contributed by atoms with van der Waals surface area (Å²) < 4.78 is 7.30. The Morgan fingerprint density at radius 1 is 1.09 bits per heavy atom. The number of ether oxygens (including phenoxy) is 1. The Bertz CT molecular complexity index is 1100. The standard InChI is InChI=1S/C26H31N3O3S/c1-19-11-14-28(15-12-19)25(30)18-33-24-17-29(23-6-4-3-5-22(23)24)16-13-27-26(31)20-7-9-21(32-2)10-8-20/h3-10,17,19H,11-16,18H2,1-2H3,(H,27,31). The second-order valence-electron chi connectivity index (χ2n) is 8.54. The van der Waals surface area contributed by atoms with Gasteiger partial charge in [0.15, 0.2) is 0 Å². The molecule has 174 valence electrons. The molecule has 0 radical (unpaired) electrons. The van der Waals surface area contributed by atoms with Crippen LogP contribution in [0.2, 0.25) is 0 Å². The molecular formula is C26H31N3O3S. The fourth-order valence-electron chi connectivity index (χ4n) is 4.14. The van der Waals surface area contributed by atoms with Gasteiger partial charge in [-0.2, -0.15) is 0 Å². The summed E-state index contributed by atoms with van der Waals surface area (Å²) in [6.45, 7) is 5.16. The summed E-state index contributed by atoms with van der Waals surface area (Å²) in [5, 5.41) is 4.13. The molecular weight excluding hydrogens is 434 g/mol. The van der Waals surface area contributed by atoms with Crippen LogP contribution in [-0.2, 0) is 11.3 Å². The molecule has 0 saturated carbocycles. The number of piperidine rings is 1. The van der Waals surface area contributed by atoms with E-state index in [9.17, 15) is 9.59 Å². The summed E-state index contributed by atoms with van der Waals surface area (Å²) in [7, 11) is 1.60. The number of aromatic nitrogens is 1. The smallest absolute Gasteiger partial charge is 0.251 e. The van der Waals surface area contributed by atoms with Gasteiger partial charge in [-0.05, 0) is 49.1 Å². The van der Waals surface area contributed by atoms with Gasteiger partial charge >= 0.3 is 0 Å². The van der Waals surface area contributed by atoms with Crippen LogP contribution in [0.5, 0.6) is 5.75 Å². The number of thioether (sulfide) groups is 1. The molecule has 2 heterocycles. The van der Waals surface area contributed by atoms with Crippen molar-refractivity contribution in [2.24, 2.45) is 5.92 Å². The number of fused-ring (bicyclic) bond motifs is 1. The van der Waals surface area contributed by atoms with Gasteiger partial charge in [-0.15, -0.1) is 11.8 Å². The molecule has 2 amide bonds. The molecule has 0 unspecified atom stereocenters. The number of amides is 2. The van der Waals surface area contributed by atoms with Gasteiger partial charge in [-0.25, -0.2) is 0 Å². The summed E-state index contributed by atoms with van der Waals surface area (Å²) in [6.07, 6.45) is 4.29. The SMILES string of the molecule is COc1ccc(C(=O)NCCn2cc(SCC(=O)N3CCC(C)CC3)c3ccccc32)cc1. The lowest BCUT2D eigenvalue weighted by atomic mass is 9.99. The monoisotopic (exact) mass is 465 g/mol. The van der Waals surface area contributed by atoms with Gasteiger partial charge in [0, 0.05) is 53.7 Å². The summed E-state index contributed by atoms with van der Waals surface area (Å²) in [4.78, 5) is 28.2. The Morgan fingerprint density at radius 2 is 1.82 bits per heavy atom. The minimum Gasteiger partial charge on any atom is -0.497 e. The molecule has 1 N–H and O–H groups in total. The molecule has 7 heteroatoms. The Hall–Kier alpha value is -2.93. The van der Waals surface area contributed by atoms with Crippen molar-refractivity contribution in [3.63, 3.8) is 0 Å². The maximum absolute atomic E-state index is 12.7. The minimum absolute atomic E-state index is 0.106. The highest BCUT2D eigenvalue weighted by Crippen LogP contribution is 2.30. The Kier molecular flexibility index (Phi) is 7.60. The van der Waals surface area contributed by atoms with Crippen molar-refractivity contribution in [1.29, 1.82) is 0 Å². The van der Waals surface area contributed by atoms with Crippen molar-refractivity contribution >= 4 is 34.5 Å². The molecule has 2 aromatic carbocycles. The quantitative estimate of drug-likeness (QED) is 0.500. The lowest BCUT2D eigenvalue weighted by molar-refractivity contribution is -0.129. The summed E-state index contributed by atoms with van der Waals surface area (Å²) >= 11 is 1.60. The third-order valence-electron chi connectivity index (χ3n) is 6.23. The zero-order valence-electron chi connectivity index (χ0n) is 19.3. The largest absolute Gasteiger partial charge is 0.497 e. The fraction of sp³-hybridized carbons (Fsp3) is 0.385. The number of likely N-dealkylation sites (tertiary alicyclic amines) is 1. The topological polar surface area (TPSA) is 63.6 Å². The minimum atomic E-state index is -0.106. The van der Waals surface area contributed by atoms with Crippen LogP contribution in [0.4, 0.5) is 0 Å². The van der Waals surface area contributed by atoms with Crippen LogP contribution in [0.3, 0.4) is 0 Å². The van der Waals surface area contributed by atoms with Crippen molar-refractivity contribution in [3.05, 3.63) is 60.3 Å². The molecule has 4 rings (SSSR count). The number of nitrogens with one attached hydrogen (secondary N) is 1. The summed E-state index contributed by atoms with van der Waals surface area (Å²) in [6, 6.07) is 15.3. The second-order valence-corrected chi connectivity index (χ2v) is 9.56. The maximum Gasteiger partial charge on any atom is 0.251 e. The van der Waals surface area contributed by atoms with E-state index in [0.29, 0.717) is 30.3 Å². The van der Waals surface area contributed by atoms with Crippen LogP contribution in [0.1, 0.15) is 30.1 Å². The van der Waals surface area contributed by atoms with Crippen molar-refractivity contribution in [2.45, 2.75) is 31.2 Å². The predicted octanol–water partition coefficient (Wildman–Crippen LogP) is 4.43. The third-order valence-corrected chi connectivity index (χ3v) is 7.26. The highest BCUT2D eigenvalue weighted by atomic mass is 32.2. The van der Waals surface area contributed by atoms with Crippen molar-refractivity contribution in [1.82, 2.24) is 14.8 Å². The summed E-state index contributed by atoms with van der Waals surface area (Å²) in [5.41, 5.74) is 1.72. The number of hydrogen-bond acceptors (Lipinski definition) is 4. The van der Waals surface area contributed by atoms with E-state index in [2.05, 4.69) is 35.1 Å². The number of benzene rings is 2. The van der Waals surface area contributed by atoms with Gasteiger partial charge < -0.3 is 19.5 Å². The normalized spacial score (nSPS) is 14.4. The number of para-hydroxylation sites is 1. The second kappa shape index (κ2) is 10.8. The maximum atomic E-state index is 12.7. The number of carbonyl (C=O) groups is 2. The van der Waals surface area contributed by atoms with E-state index in [1.807, 2.05) is 17.0 Å². The van der Waals surface area contributed by atoms with Crippen molar-refractivity contribution < 1.29 is 14.3 Å². The Morgan fingerprint density at radius 3 is 2.55 bits per heavy atom. The molecule has 1 aromatic heterocycles. The lowest BCUT2D eigenvalue weighted by Crippen LogP contribution is -2.38. The highest BCUT2D eigenvalue weighted by molar-refractivity contribution is 8.00. The zero-order chi connectivity index (χ0) is 23.2. The molecule has 0 aliphatic carbocycles. The number of hydrogen-bond donors (Lipinski definition) is 1. The van der Waals surface area contributed by atoms with Gasteiger partial charge in [0.05, 0.1) is 12.9 Å². The molecule has 0 spiro atoms. The van der Waals surface area contributed by atoms with Gasteiger partial charge in [-0.3, -0.25) is 9.59 Å². The molecule has 6 nitrogen and oxygen atoms in total. The summed E-state index contributed by atoms with van der Waals surface area (Å²) in [5.74, 6) is 2.01. The van der Waals surface area contributed by atoms with Gasteiger partial charge in [0.25, 0.3) is 5.91 Å². The van der Waals surface area contributed by atoms with E-state index in [0.717, 1.165) is 47.5 Å². The molecule has 1 aliphatic heterocycles. The average molecular weight is 466 g/mol.